The van der Waals surface area contributed by atoms with E-state index in [-0.39, 0.29) is 17.7 Å². The van der Waals surface area contributed by atoms with Crippen molar-refractivity contribution in [2.75, 3.05) is 19.0 Å². The average molecular weight is 341 g/mol. The maximum atomic E-state index is 11.7. The predicted molar refractivity (Wildman–Crippen MR) is 96.1 cm³/mol. The first kappa shape index (κ1) is 15.0. The summed E-state index contributed by atoms with van der Waals surface area (Å²) in [5.74, 6) is 1.17. The first-order valence-electron chi connectivity index (χ1n) is 10.0. The molecule has 0 amide bonds. The Morgan fingerprint density at radius 2 is 2.00 bits per heavy atom. The molecule has 25 heavy (non-hydrogen) atoms. The van der Waals surface area contributed by atoms with Gasteiger partial charge in [-0.3, -0.25) is 4.48 Å². The van der Waals surface area contributed by atoms with Gasteiger partial charge in [0.25, 0.3) is 0 Å². The van der Waals surface area contributed by atoms with E-state index in [1.807, 2.05) is 0 Å². The van der Waals surface area contributed by atoms with Crippen LogP contribution in [0.15, 0.2) is 24.3 Å². The van der Waals surface area contributed by atoms with Crippen LogP contribution >= 0.6 is 0 Å². The van der Waals surface area contributed by atoms with E-state index in [0.717, 1.165) is 23.7 Å². The van der Waals surface area contributed by atoms with E-state index in [1.165, 1.54) is 11.3 Å². The van der Waals surface area contributed by atoms with E-state index < -0.39 is 0 Å². The number of likely N-dealkylation sites (N-methyl/N-ethyl adjacent to an activating group) is 2. The van der Waals surface area contributed by atoms with Crippen LogP contribution in [0.4, 0.5) is 5.69 Å². The Kier molecular flexibility index (Phi) is 2.54. The molecule has 4 nitrogen and oxygen atoms in total. The quantitative estimate of drug-likeness (QED) is 0.764. The second-order valence-corrected chi connectivity index (χ2v) is 9.58. The molecule has 1 spiro atoms. The minimum atomic E-state index is -0.273. The fourth-order valence-corrected chi connectivity index (χ4v) is 8.58. The van der Waals surface area contributed by atoms with Gasteiger partial charge in [-0.1, -0.05) is 25.1 Å². The summed E-state index contributed by atoms with van der Waals surface area (Å²) in [5.41, 5.74) is 2.54. The normalized spacial score (nSPS) is 57.1. The zero-order valence-electron chi connectivity index (χ0n) is 15.3. The molecule has 0 aromatic heterocycles. The highest BCUT2D eigenvalue weighted by Gasteiger charge is 2.82. The maximum Gasteiger partial charge on any atom is 0.193 e. The van der Waals surface area contributed by atoms with Crippen LogP contribution in [0.2, 0.25) is 0 Å². The third-order valence-electron chi connectivity index (χ3n) is 9.39. The molecule has 10 atom stereocenters. The molecule has 5 bridgehead atoms. The highest BCUT2D eigenvalue weighted by Crippen LogP contribution is 2.70. The second kappa shape index (κ2) is 4.24. The van der Waals surface area contributed by atoms with Gasteiger partial charge in [-0.2, -0.15) is 0 Å². The number of aliphatic hydroxyl groups is 2. The minimum absolute atomic E-state index is 0.125. The van der Waals surface area contributed by atoms with Gasteiger partial charge in [-0.05, 0) is 24.0 Å². The number of benzene rings is 1. The molecule has 4 heteroatoms. The lowest BCUT2D eigenvalue weighted by Crippen LogP contribution is -2.81. The highest BCUT2D eigenvalue weighted by molar-refractivity contribution is 5.66. The van der Waals surface area contributed by atoms with Crippen molar-refractivity contribution < 1.29 is 14.7 Å². The Labute approximate surface area is 149 Å². The van der Waals surface area contributed by atoms with Gasteiger partial charge >= 0.3 is 0 Å². The van der Waals surface area contributed by atoms with E-state index in [1.54, 1.807) is 0 Å². The summed E-state index contributed by atoms with van der Waals surface area (Å²) in [6.45, 7) is 2.21. The molecule has 5 heterocycles. The van der Waals surface area contributed by atoms with Gasteiger partial charge in [0.1, 0.15) is 6.04 Å². The van der Waals surface area contributed by atoms with Gasteiger partial charge in [0, 0.05) is 37.4 Å². The lowest BCUT2D eigenvalue weighted by molar-refractivity contribution is -1.02. The average Bonchev–Trinajstić information content (AvgIpc) is 2.99. The van der Waals surface area contributed by atoms with Gasteiger partial charge in [-0.25, -0.2) is 0 Å². The van der Waals surface area contributed by atoms with Crippen LogP contribution in [0.1, 0.15) is 31.7 Å². The fraction of sp³-hybridized carbons (Fsp3) is 0.714. The molecule has 0 radical (unpaired) electrons. The van der Waals surface area contributed by atoms with Crippen molar-refractivity contribution in [3.05, 3.63) is 29.8 Å². The molecule has 134 valence electrons. The predicted octanol–water partition coefficient (Wildman–Crippen LogP) is 1.70. The summed E-state index contributed by atoms with van der Waals surface area (Å²) in [6.07, 6.45) is 2.67. The van der Waals surface area contributed by atoms with E-state index in [0.29, 0.717) is 35.9 Å². The minimum Gasteiger partial charge on any atom is -0.392 e. The summed E-state index contributed by atoms with van der Waals surface area (Å²) in [4.78, 5) is 2.44. The molecule has 1 aliphatic carbocycles. The lowest BCUT2D eigenvalue weighted by Gasteiger charge is -2.66. The van der Waals surface area contributed by atoms with Gasteiger partial charge in [0.2, 0.25) is 0 Å². The first-order chi connectivity index (χ1) is 12.0. The molecule has 4 saturated heterocycles. The van der Waals surface area contributed by atoms with Crippen LogP contribution in [0.25, 0.3) is 0 Å². The number of hydrogen-bond donors (Lipinski definition) is 2. The number of quaternary nitrogens is 1. The molecule has 6 aliphatic rings. The monoisotopic (exact) mass is 341 g/mol. The maximum absolute atomic E-state index is 11.7. The van der Waals surface area contributed by atoms with Crippen molar-refractivity contribution in [2.45, 2.75) is 62.1 Å². The molecular formula is C21H29N2O2+. The Hall–Kier alpha value is -1.10. The van der Waals surface area contributed by atoms with Crippen LogP contribution in [-0.2, 0) is 5.41 Å². The number of para-hydroxylation sites is 1. The fourth-order valence-electron chi connectivity index (χ4n) is 8.58. The Morgan fingerprint density at radius 1 is 1.24 bits per heavy atom. The summed E-state index contributed by atoms with van der Waals surface area (Å²) < 4.78 is 0.779. The Balaban J connectivity index is 1.63. The van der Waals surface area contributed by atoms with Crippen LogP contribution in [0, 0.1) is 17.8 Å². The summed E-state index contributed by atoms with van der Waals surface area (Å²) in [7, 11) is 4.51. The molecule has 1 aromatic carbocycles. The van der Waals surface area contributed by atoms with Crippen molar-refractivity contribution in [2.24, 2.45) is 17.8 Å². The van der Waals surface area contributed by atoms with Gasteiger partial charge in [0.15, 0.2) is 6.23 Å². The number of nitrogens with zero attached hydrogens (tertiary/aromatic N) is 2. The number of anilines is 1. The van der Waals surface area contributed by atoms with Crippen molar-refractivity contribution in [3.8, 4) is 0 Å². The molecule has 1 saturated carbocycles. The molecule has 7 rings (SSSR count). The van der Waals surface area contributed by atoms with Crippen LogP contribution in [-0.4, -0.2) is 59.2 Å². The van der Waals surface area contributed by atoms with E-state index in [2.05, 4.69) is 50.2 Å². The van der Waals surface area contributed by atoms with Crippen LogP contribution < -0.4 is 4.90 Å². The Bertz CT molecular complexity index is 768. The second-order valence-electron chi connectivity index (χ2n) is 9.58. The van der Waals surface area contributed by atoms with Crippen molar-refractivity contribution in [1.29, 1.82) is 0 Å². The first-order valence-corrected chi connectivity index (χ1v) is 10.0. The van der Waals surface area contributed by atoms with Gasteiger partial charge in [-0.15, -0.1) is 0 Å². The number of fused-ring (bicyclic) bond motifs is 2. The van der Waals surface area contributed by atoms with E-state index >= 15 is 0 Å². The van der Waals surface area contributed by atoms with Gasteiger partial charge < -0.3 is 15.1 Å². The third kappa shape index (κ3) is 1.27. The zero-order valence-corrected chi connectivity index (χ0v) is 15.3. The highest BCUT2D eigenvalue weighted by atomic mass is 16.3. The molecule has 5 aliphatic heterocycles. The number of hydrogen-bond acceptors (Lipinski definition) is 3. The van der Waals surface area contributed by atoms with Gasteiger partial charge in [0.05, 0.1) is 30.7 Å². The number of piperidine rings is 4. The number of aliphatic hydroxyl groups excluding tert-OH is 2. The van der Waals surface area contributed by atoms with E-state index in [9.17, 15) is 10.2 Å². The standard InChI is InChI=1S/C21H29N2O2/c1-4-11-12-9-15-18-21(13-7-5-6-8-14(13)22(18)2)10-16(17(12)19(21)24)23(15,3)20(11)25/h5-8,11-12,15-20,24-25H,4,9-10H2,1-3H3/q+1/t11?,12-,15?,16-,17?,18?,19-,20+,21?,23?/m0/s1. The SMILES string of the molecule is CCC1[C@@H]2CC3C4N(C)c5ccccc5C45C[C@@H](C2[C@@H]5O)[N+]3(C)[C@@H]1O. The largest absolute Gasteiger partial charge is 0.392 e. The van der Waals surface area contributed by atoms with Crippen LogP contribution in [0.3, 0.4) is 0 Å². The zero-order chi connectivity index (χ0) is 17.3. The topological polar surface area (TPSA) is 43.7 Å². The number of rotatable bonds is 1. The Morgan fingerprint density at radius 3 is 2.76 bits per heavy atom. The summed E-state index contributed by atoms with van der Waals surface area (Å²) >= 11 is 0. The molecule has 6 unspecified atom stereocenters. The third-order valence-corrected chi connectivity index (χ3v) is 9.39. The summed E-state index contributed by atoms with van der Waals surface area (Å²) in [6, 6.07) is 9.87. The molecule has 1 aromatic rings. The smallest absolute Gasteiger partial charge is 0.193 e. The van der Waals surface area contributed by atoms with Crippen molar-refractivity contribution >= 4 is 5.69 Å². The van der Waals surface area contributed by atoms with Crippen molar-refractivity contribution in [3.63, 3.8) is 0 Å². The van der Waals surface area contributed by atoms with E-state index in [4.69, 9.17) is 0 Å². The van der Waals surface area contributed by atoms with Crippen molar-refractivity contribution in [1.82, 2.24) is 0 Å². The molecular weight excluding hydrogens is 312 g/mol. The molecule has 2 N–H and O–H groups in total. The van der Waals surface area contributed by atoms with Crippen LogP contribution in [0.5, 0.6) is 0 Å². The lowest BCUT2D eigenvalue weighted by atomic mass is 9.61. The summed E-state index contributed by atoms with van der Waals surface area (Å²) in [5, 5.41) is 23.1. The molecule has 5 fully saturated rings.